The van der Waals surface area contributed by atoms with E-state index in [0.717, 1.165) is 42.9 Å². The van der Waals surface area contributed by atoms with Crippen molar-refractivity contribution in [3.05, 3.63) is 34.5 Å². The fourth-order valence-electron chi connectivity index (χ4n) is 2.85. The highest BCUT2D eigenvalue weighted by Crippen LogP contribution is 2.33. The van der Waals surface area contributed by atoms with Crippen LogP contribution in [-0.2, 0) is 0 Å². The maximum absolute atomic E-state index is 14.0. The van der Waals surface area contributed by atoms with E-state index in [9.17, 15) is 9.18 Å². The SMILES string of the molecule is Cc1c(C(=O)N2CCCN(C)CC2)sc2cccc(F)c12. The minimum atomic E-state index is -0.240. The lowest BCUT2D eigenvalue weighted by molar-refractivity contribution is 0.0767. The van der Waals surface area contributed by atoms with Gasteiger partial charge in [-0.1, -0.05) is 6.07 Å². The summed E-state index contributed by atoms with van der Waals surface area (Å²) in [5, 5.41) is 0.595. The summed E-state index contributed by atoms with van der Waals surface area (Å²) < 4.78 is 14.8. The van der Waals surface area contributed by atoms with E-state index in [1.54, 1.807) is 6.07 Å². The average Bonchev–Trinajstić information content (AvgIpc) is 2.65. The summed E-state index contributed by atoms with van der Waals surface area (Å²) in [4.78, 5) is 17.6. The van der Waals surface area contributed by atoms with Gasteiger partial charge in [0.1, 0.15) is 5.82 Å². The van der Waals surface area contributed by atoms with Gasteiger partial charge in [0.2, 0.25) is 0 Å². The maximum Gasteiger partial charge on any atom is 0.264 e. The van der Waals surface area contributed by atoms with Crippen LogP contribution in [0.1, 0.15) is 21.7 Å². The molecule has 3 nitrogen and oxygen atoms in total. The molecule has 21 heavy (non-hydrogen) atoms. The second kappa shape index (κ2) is 5.73. The van der Waals surface area contributed by atoms with Crippen molar-refractivity contribution in [1.82, 2.24) is 9.80 Å². The summed E-state index contributed by atoms with van der Waals surface area (Å²) in [6.45, 7) is 5.28. The molecular weight excluding hydrogens is 287 g/mol. The van der Waals surface area contributed by atoms with Crippen molar-refractivity contribution in [1.29, 1.82) is 0 Å². The number of hydrogen-bond acceptors (Lipinski definition) is 3. The van der Waals surface area contributed by atoms with Gasteiger partial charge in [0.15, 0.2) is 0 Å². The molecule has 1 aliphatic rings. The van der Waals surface area contributed by atoms with Crippen LogP contribution in [0.25, 0.3) is 10.1 Å². The van der Waals surface area contributed by atoms with Crippen molar-refractivity contribution in [2.45, 2.75) is 13.3 Å². The normalized spacial score (nSPS) is 17.2. The number of rotatable bonds is 1. The van der Waals surface area contributed by atoms with Gasteiger partial charge in [0.25, 0.3) is 5.91 Å². The quantitative estimate of drug-likeness (QED) is 0.808. The first-order valence-corrected chi connectivity index (χ1v) is 8.05. The molecule has 5 heteroatoms. The summed E-state index contributed by atoms with van der Waals surface area (Å²) in [5.41, 5.74) is 0.774. The zero-order valence-electron chi connectivity index (χ0n) is 12.4. The van der Waals surface area contributed by atoms with Gasteiger partial charge < -0.3 is 9.80 Å². The Morgan fingerprint density at radius 1 is 1.24 bits per heavy atom. The zero-order valence-corrected chi connectivity index (χ0v) is 13.2. The lowest BCUT2D eigenvalue weighted by Gasteiger charge is -2.20. The van der Waals surface area contributed by atoms with Crippen LogP contribution in [0, 0.1) is 12.7 Å². The van der Waals surface area contributed by atoms with Crippen LogP contribution in [0.3, 0.4) is 0 Å². The molecule has 1 fully saturated rings. The van der Waals surface area contributed by atoms with Crippen LogP contribution in [0.15, 0.2) is 18.2 Å². The standard InChI is InChI=1S/C16H19FN2OS/c1-11-14-12(17)5-3-6-13(14)21-15(11)16(20)19-8-4-7-18(2)9-10-19/h3,5-6H,4,7-10H2,1-2H3. The predicted octanol–water partition coefficient (Wildman–Crippen LogP) is 3.13. The van der Waals surface area contributed by atoms with E-state index in [1.807, 2.05) is 17.9 Å². The van der Waals surface area contributed by atoms with Gasteiger partial charge in [0, 0.05) is 29.7 Å². The van der Waals surface area contributed by atoms with Gasteiger partial charge in [-0.25, -0.2) is 4.39 Å². The Bertz CT molecular complexity index is 682. The summed E-state index contributed by atoms with van der Waals surface area (Å²) in [6, 6.07) is 5.03. The van der Waals surface area contributed by atoms with Crippen molar-refractivity contribution in [3.8, 4) is 0 Å². The predicted molar refractivity (Wildman–Crippen MR) is 84.5 cm³/mol. The minimum Gasteiger partial charge on any atom is -0.337 e. The molecule has 1 aliphatic heterocycles. The molecule has 1 saturated heterocycles. The van der Waals surface area contributed by atoms with Crippen molar-refractivity contribution in [2.24, 2.45) is 0 Å². The molecule has 1 aromatic heterocycles. The molecular formula is C16H19FN2OS. The molecule has 1 amide bonds. The van der Waals surface area contributed by atoms with Gasteiger partial charge in [0.05, 0.1) is 4.88 Å². The summed E-state index contributed by atoms with van der Waals surface area (Å²) in [5.74, 6) is -0.195. The molecule has 2 heterocycles. The van der Waals surface area contributed by atoms with Crippen LogP contribution in [0.5, 0.6) is 0 Å². The van der Waals surface area contributed by atoms with Gasteiger partial charge in [-0.05, 0) is 44.6 Å². The fraction of sp³-hybridized carbons (Fsp3) is 0.438. The number of carbonyl (C=O) groups excluding carboxylic acids is 1. The van der Waals surface area contributed by atoms with Gasteiger partial charge >= 0.3 is 0 Å². The van der Waals surface area contributed by atoms with Crippen molar-refractivity contribution >= 4 is 27.3 Å². The van der Waals surface area contributed by atoms with Crippen molar-refractivity contribution in [3.63, 3.8) is 0 Å². The Morgan fingerprint density at radius 3 is 2.81 bits per heavy atom. The molecule has 0 N–H and O–H groups in total. The smallest absolute Gasteiger partial charge is 0.264 e. The number of hydrogen-bond donors (Lipinski definition) is 0. The summed E-state index contributed by atoms with van der Waals surface area (Å²) >= 11 is 1.40. The minimum absolute atomic E-state index is 0.0448. The Kier molecular flexibility index (Phi) is 3.95. The number of aryl methyl sites for hydroxylation is 1. The first kappa shape index (κ1) is 14.5. The molecule has 112 valence electrons. The lowest BCUT2D eigenvalue weighted by atomic mass is 10.1. The highest BCUT2D eigenvalue weighted by atomic mass is 32.1. The Morgan fingerprint density at radius 2 is 2.05 bits per heavy atom. The Hall–Kier alpha value is -1.46. The molecule has 0 bridgehead atoms. The van der Waals surface area contributed by atoms with Crippen LogP contribution in [0.4, 0.5) is 4.39 Å². The molecule has 1 aromatic carbocycles. The van der Waals surface area contributed by atoms with Gasteiger partial charge in [-0.3, -0.25) is 4.79 Å². The van der Waals surface area contributed by atoms with Crippen molar-refractivity contribution < 1.29 is 9.18 Å². The Balaban J connectivity index is 1.94. The van der Waals surface area contributed by atoms with Gasteiger partial charge in [-0.2, -0.15) is 0 Å². The maximum atomic E-state index is 14.0. The average molecular weight is 306 g/mol. The van der Waals surface area contributed by atoms with E-state index in [0.29, 0.717) is 10.3 Å². The third-order valence-electron chi connectivity index (χ3n) is 4.10. The summed E-state index contributed by atoms with van der Waals surface area (Å²) in [6.07, 6.45) is 0.987. The number of amides is 1. The monoisotopic (exact) mass is 306 g/mol. The number of carbonyl (C=O) groups is 1. The second-order valence-electron chi connectivity index (χ2n) is 5.62. The van der Waals surface area contributed by atoms with Crippen molar-refractivity contribution in [2.75, 3.05) is 33.2 Å². The number of thiophene rings is 1. The van der Waals surface area contributed by atoms with E-state index >= 15 is 0 Å². The number of benzene rings is 1. The first-order valence-electron chi connectivity index (χ1n) is 7.23. The van der Waals surface area contributed by atoms with E-state index in [4.69, 9.17) is 0 Å². The topological polar surface area (TPSA) is 23.6 Å². The third kappa shape index (κ3) is 2.68. The molecule has 0 unspecified atom stereocenters. The van der Waals surface area contributed by atoms with E-state index < -0.39 is 0 Å². The number of halogens is 1. The van der Waals surface area contributed by atoms with Crippen LogP contribution in [-0.4, -0.2) is 48.9 Å². The highest BCUT2D eigenvalue weighted by molar-refractivity contribution is 7.21. The van der Waals surface area contributed by atoms with Crippen LogP contribution in [0.2, 0.25) is 0 Å². The fourth-order valence-corrected chi connectivity index (χ4v) is 4.04. The highest BCUT2D eigenvalue weighted by Gasteiger charge is 2.24. The molecule has 0 spiro atoms. The van der Waals surface area contributed by atoms with E-state index in [-0.39, 0.29) is 11.7 Å². The number of fused-ring (bicyclic) bond motifs is 1. The number of nitrogens with zero attached hydrogens (tertiary/aromatic N) is 2. The van der Waals surface area contributed by atoms with E-state index in [2.05, 4.69) is 11.9 Å². The van der Waals surface area contributed by atoms with E-state index in [1.165, 1.54) is 17.4 Å². The van der Waals surface area contributed by atoms with Gasteiger partial charge in [-0.15, -0.1) is 11.3 Å². The molecule has 2 aromatic rings. The second-order valence-corrected chi connectivity index (χ2v) is 6.67. The molecule has 0 aliphatic carbocycles. The number of likely N-dealkylation sites (N-methyl/N-ethyl adjacent to an activating group) is 1. The molecule has 0 radical (unpaired) electrons. The molecule has 3 rings (SSSR count). The molecule has 0 atom stereocenters. The molecule has 0 saturated carbocycles. The third-order valence-corrected chi connectivity index (χ3v) is 5.35. The summed E-state index contributed by atoms with van der Waals surface area (Å²) in [7, 11) is 2.08. The zero-order chi connectivity index (χ0) is 15.0. The first-order chi connectivity index (χ1) is 10.1. The largest absolute Gasteiger partial charge is 0.337 e. The van der Waals surface area contributed by atoms with Crippen LogP contribution < -0.4 is 0 Å². The lowest BCUT2D eigenvalue weighted by Crippen LogP contribution is -2.34. The van der Waals surface area contributed by atoms with Crippen LogP contribution >= 0.6 is 11.3 Å². The Labute approximate surface area is 128 Å².